The molecule has 0 aliphatic rings. The van der Waals surface area contributed by atoms with E-state index in [4.69, 9.17) is 16.7 Å². The van der Waals surface area contributed by atoms with Crippen LogP contribution in [0.5, 0.6) is 11.6 Å². The van der Waals surface area contributed by atoms with Crippen molar-refractivity contribution in [3.05, 3.63) is 23.2 Å². The first kappa shape index (κ1) is 7.31. The number of aromatic amines is 1. The largest absolute Gasteiger partial charge is 0.503 e. The molecule has 0 aliphatic heterocycles. The summed E-state index contributed by atoms with van der Waals surface area (Å²) in [4.78, 5) is 2.59. The van der Waals surface area contributed by atoms with Gasteiger partial charge < -0.3 is 15.2 Å². The minimum absolute atomic E-state index is 0.137. The number of fused-ring (bicyclic) bond motifs is 1. The number of benzene rings is 1. The summed E-state index contributed by atoms with van der Waals surface area (Å²) in [5, 5.41) is 19.5. The summed E-state index contributed by atoms with van der Waals surface area (Å²) in [7, 11) is 0. The molecule has 2 rings (SSSR count). The van der Waals surface area contributed by atoms with Crippen LogP contribution in [-0.2, 0) is 0 Å². The van der Waals surface area contributed by atoms with Crippen molar-refractivity contribution in [2.75, 3.05) is 0 Å². The highest BCUT2D eigenvalue weighted by atomic mass is 35.5. The molecule has 0 amide bonds. The summed E-state index contributed by atoms with van der Waals surface area (Å²) < 4.78 is 0. The Kier molecular flexibility index (Phi) is 1.41. The topological polar surface area (TPSA) is 56.2 Å². The maximum absolute atomic E-state index is 9.26. The van der Waals surface area contributed by atoms with E-state index in [2.05, 4.69) is 4.98 Å². The number of halogens is 1. The average molecular weight is 184 g/mol. The number of hydrogen-bond acceptors (Lipinski definition) is 2. The minimum Gasteiger partial charge on any atom is -0.503 e. The van der Waals surface area contributed by atoms with Gasteiger partial charge in [-0.15, -0.1) is 0 Å². The average Bonchev–Trinajstić information content (AvgIpc) is 2.28. The van der Waals surface area contributed by atoms with E-state index in [1.165, 1.54) is 0 Å². The normalized spacial score (nSPS) is 10.8. The molecule has 2 aromatic rings. The summed E-state index contributed by atoms with van der Waals surface area (Å²) in [6.45, 7) is 0. The van der Waals surface area contributed by atoms with Crippen LogP contribution in [0.15, 0.2) is 18.2 Å². The standard InChI is InChI=1S/C8H6ClNO2/c9-4-1-2-5-6(3-4)10-8(12)7(5)11/h1-3,10-12H. The number of hydrogen-bond donors (Lipinski definition) is 3. The predicted molar refractivity (Wildman–Crippen MR) is 46.6 cm³/mol. The molecule has 1 aromatic carbocycles. The first-order valence-corrected chi connectivity index (χ1v) is 3.75. The van der Waals surface area contributed by atoms with Crippen LogP contribution in [0.4, 0.5) is 0 Å². The Balaban J connectivity index is 2.87. The molecular weight excluding hydrogens is 178 g/mol. The SMILES string of the molecule is Oc1[nH]c2cc(Cl)ccc2c1O. The van der Waals surface area contributed by atoms with Gasteiger partial charge in [0.25, 0.3) is 0 Å². The van der Waals surface area contributed by atoms with E-state index < -0.39 is 0 Å². The van der Waals surface area contributed by atoms with Gasteiger partial charge in [-0.25, -0.2) is 0 Å². The Morgan fingerprint density at radius 2 is 2.00 bits per heavy atom. The van der Waals surface area contributed by atoms with Gasteiger partial charge in [0.15, 0.2) is 5.75 Å². The molecule has 0 unspecified atom stereocenters. The van der Waals surface area contributed by atoms with E-state index in [1.54, 1.807) is 18.2 Å². The molecule has 0 saturated heterocycles. The Hall–Kier alpha value is -1.35. The van der Waals surface area contributed by atoms with Gasteiger partial charge >= 0.3 is 0 Å². The maximum atomic E-state index is 9.26. The number of rotatable bonds is 0. The van der Waals surface area contributed by atoms with Crippen LogP contribution in [0.3, 0.4) is 0 Å². The van der Waals surface area contributed by atoms with Crippen LogP contribution < -0.4 is 0 Å². The van der Waals surface area contributed by atoms with Gasteiger partial charge in [0.05, 0.1) is 5.52 Å². The zero-order valence-corrected chi connectivity index (χ0v) is 6.76. The van der Waals surface area contributed by atoms with Crippen molar-refractivity contribution in [1.82, 2.24) is 4.98 Å². The lowest BCUT2D eigenvalue weighted by Crippen LogP contribution is -1.66. The predicted octanol–water partition coefficient (Wildman–Crippen LogP) is 2.23. The van der Waals surface area contributed by atoms with Crippen LogP contribution in [0.2, 0.25) is 5.02 Å². The highest BCUT2D eigenvalue weighted by Crippen LogP contribution is 2.34. The van der Waals surface area contributed by atoms with Crippen LogP contribution in [0.1, 0.15) is 0 Å². The molecule has 0 aliphatic carbocycles. The van der Waals surface area contributed by atoms with Crippen molar-refractivity contribution < 1.29 is 10.2 Å². The summed E-state index contributed by atoms with van der Waals surface area (Å²) in [6, 6.07) is 4.93. The second-order valence-corrected chi connectivity index (χ2v) is 2.95. The van der Waals surface area contributed by atoms with E-state index in [9.17, 15) is 5.11 Å². The lowest BCUT2D eigenvalue weighted by atomic mass is 10.2. The first-order chi connectivity index (χ1) is 5.68. The molecule has 1 heterocycles. The zero-order chi connectivity index (χ0) is 8.72. The smallest absolute Gasteiger partial charge is 0.233 e. The summed E-state index contributed by atoms with van der Waals surface area (Å²) in [5.41, 5.74) is 0.623. The highest BCUT2D eigenvalue weighted by molar-refractivity contribution is 6.31. The fourth-order valence-corrected chi connectivity index (χ4v) is 1.31. The van der Waals surface area contributed by atoms with Crippen LogP contribution in [-0.4, -0.2) is 15.2 Å². The number of aromatic nitrogens is 1. The van der Waals surface area contributed by atoms with Crippen molar-refractivity contribution in [3.8, 4) is 11.6 Å². The molecule has 0 saturated carbocycles. The molecule has 3 nitrogen and oxygen atoms in total. The molecule has 0 radical (unpaired) electrons. The first-order valence-electron chi connectivity index (χ1n) is 3.37. The second kappa shape index (κ2) is 2.32. The fraction of sp³-hybridized carbons (Fsp3) is 0. The molecule has 1 aromatic heterocycles. The number of nitrogens with one attached hydrogen (secondary N) is 1. The molecule has 3 N–H and O–H groups in total. The van der Waals surface area contributed by atoms with Crippen molar-refractivity contribution in [1.29, 1.82) is 0 Å². The van der Waals surface area contributed by atoms with Crippen molar-refractivity contribution in [3.63, 3.8) is 0 Å². The van der Waals surface area contributed by atoms with Gasteiger partial charge in [-0.2, -0.15) is 0 Å². The Morgan fingerprint density at radius 1 is 1.25 bits per heavy atom. The third-order valence-corrected chi connectivity index (χ3v) is 1.95. The molecular formula is C8H6ClNO2. The van der Waals surface area contributed by atoms with Gasteiger partial charge in [0.2, 0.25) is 5.88 Å². The highest BCUT2D eigenvalue weighted by Gasteiger charge is 2.08. The minimum atomic E-state index is -0.229. The third-order valence-electron chi connectivity index (χ3n) is 1.71. The Labute approximate surface area is 73.2 Å². The molecule has 0 bridgehead atoms. The monoisotopic (exact) mass is 183 g/mol. The van der Waals surface area contributed by atoms with E-state index in [0.29, 0.717) is 15.9 Å². The fourth-order valence-electron chi connectivity index (χ4n) is 1.14. The molecule has 4 heteroatoms. The maximum Gasteiger partial charge on any atom is 0.233 e. The summed E-state index contributed by atoms with van der Waals surface area (Å²) in [6.07, 6.45) is 0. The zero-order valence-electron chi connectivity index (χ0n) is 6.00. The summed E-state index contributed by atoms with van der Waals surface area (Å²) in [5.74, 6) is -0.367. The molecule has 0 spiro atoms. The Bertz CT molecular complexity index is 436. The van der Waals surface area contributed by atoms with Gasteiger partial charge in [-0.3, -0.25) is 0 Å². The van der Waals surface area contributed by atoms with Crippen molar-refractivity contribution >= 4 is 22.5 Å². The second-order valence-electron chi connectivity index (χ2n) is 2.51. The van der Waals surface area contributed by atoms with Crippen LogP contribution in [0.25, 0.3) is 10.9 Å². The van der Waals surface area contributed by atoms with Crippen molar-refractivity contribution in [2.45, 2.75) is 0 Å². The van der Waals surface area contributed by atoms with E-state index >= 15 is 0 Å². The number of aromatic hydroxyl groups is 2. The molecule has 0 atom stereocenters. The van der Waals surface area contributed by atoms with E-state index in [1.807, 2.05) is 0 Å². The van der Waals surface area contributed by atoms with Crippen molar-refractivity contribution in [2.24, 2.45) is 0 Å². The van der Waals surface area contributed by atoms with E-state index in [-0.39, 0.29) is 11.6 Å². The Morgan fingerprint density at radius 3 is 2.75 bits per heavy atom. The van der Waals surface area contributed by atoms with Crippen LogP contribution >= 0.6 is 11.6 Å². The van der Waals surface area contributed by atoms with Crippen LogP contribution in [0, 0.1) is 0 Å². The number of H-pyrrole nitrogens is 1. The lowest BCUT2D eigenvalue weighted by Gasteiger charge is -1.89. The lowest BCUT2D eigenvalue weighted by molar-refractivity contribution is 0.398. The van der Waals surface area contributed by atoms with E-state index in [0.717, 1.165) is 0 Å². The summed E-state index contributed by atoms with van der Waals surface area (Å²) >= 11 is 5.70. The van der Waals surface area contributed by atoms with Gasteiger partial charge in [-0.1, -0.05) is 11.6 Å². The quantitative estimate of drug-likeness (QED) is 0.587. The van der Waals surface area contributed by atoms with Gasteiger partial charge in [-0.05, 0) is 18.2 Å². The third kappa shape index (κ3) is 0.905. The molecule has 0 fully saturated rings. The molecule has 12 heavy (non-hydrogen) atoms. The van der Waals surface area contributed by atoms with Gasteiger partial charge in [0, 0.05) is 10.4 Å². The van der Waals surface area contributed by atoms with Gasteiger partial charge in [0.1, 0.15) is 0 Å². The molecule has 62 valence electrons.